The molecular weight excluding hydrogens is 530 g/mol. The predicted molar refractivity (Wildman–Crippen MR) is 152 cm³/mol. The number of cyclic esters (lactones) is 1. The van der Waals surface area contributed by atoms with Crippen molar-refractivity contribution in [2.45, 2.75) is 70.6 Å². The van der Waals surface area contributed by atoms with E-state index in [1.165, 1.54) is 23.9 Å². The number of methoxy groups -OCH3 is 1. The zero-order chi connectivity index (χ0) is 30.1. The van der Waals surface area contributed by atoms with Gasteiger partial charge in [-0.1, -0.05) is 19.1 Å². The molecule has 6 N–H and O–H groups in total. The largest absolute Gasteiger partial charge is 0.461 e. The Balaban J connectivity index is 1.65. The summed E-state index contributed by atoms with van der Waals surface area (Å²) in [6.45, 7) is 3.84. The molecule has 1 amide bonds. The molecule has 4 unspecified atom stereocenters. The van der Waals surface area contributed by atoms with Gasteiger partial charge >= 0.3 is 12.1 Å². The molecule has 2 heterocycles. The highest BCUT2D eigenvalue weighted by atomic mass is 16.6. The number of carbonyl (C=O) groups excluding carboxylic acids is 4. The van der Waals surface area contributed by atoms with Gasteiger partial charge in [0.15, 0.2) is 6.10 Å². The number of hydrogen-bond acceptors (Lipinski definition) is 11. The van der Waals surface area contributed by atoms with Crippen LogP contribution in [-0.2, 0) is 28.6 Å². The minimum Gasteiger partial charge on any atom is -0.461 e. The van der Waals surface area contributed by atoms with Crippen LogP contribution in [0.4, 0.5) is 10.5 Å². The van der Waals surface area contributed by atoms with Crippen molar-refractivity contribution in [1.82, 2.24) is 9.91 Å². The van der Waals surface area contributed by atoms with Crippen LogP contribution in [0.1, 0.15) is 57.9 Å². The Bertz CT molecular complexity index is 1130. The zero-order valence-corrected chi connectivity index (χ0v) is 24.1. The number of esters is 1. The second kappa shape index (κ2) is 14.8. The maximum absolute atomic E-state index is 13.2. The smallest absolute Gasteiger partial charge is 0.410 e. The Morgan fingerprint density at radius 1 is 1.12 bits per heavy atom. The quantitative estimate of drug-likeness (QED) is 0.104. The van der Waals surface area contributed by atoms with Crippen molar-refractivity contribution in [1.29, 1.82) is 0 Å². The third-order valence-corrected chi connectivity index (χ3v) is 7.82. The van der Waals surface area contributed by atoms with E-state index >= 15 is 0 Å². The van der Waals surface area contributed by atoms with Crippen molar-refractivity contribution in [2.75, 3.05) is 32.5 Å². The Kier molecular flexibility index (Phi) is 11.5. The van der Waals surface area contributed by atoms with Crippen molar-refractivity contribution in [2.24, 2.45) is 23.4 Å². The van der Waals surface area contributed by atoms with E-state index < -0.39 is 36.0 Å². The first-order chi connectivity index (χ1) is 19.5. The summed E-state index contributed by atoms with van der Waals surface area (Å²) in [6.07, 6.45) is 2.37. The van der Waals surface area contributed by atoms with Crippen molar-refractivity contribution in [3.05, 3.63) is 36.0 Å². The van der Waals surface area contributed by atoms with Crippen LogP contribution in [-0.4, -0.2) is 78.6 Å². The average molecular weight is 574 g/mol. The Morgan fingerprint density at radius 2 is 1.83 bits per heavy atom. The fraction of sp³-hybridized carbons (Fsp3) is 0.586. The number of rotatable bonds is 8. The number of hydrogen-bond donors (Lipinski definition) is 3. The maximum Gasteiger partial charge on any atom is 0.410 e. The number of ketones is 2. The molecule has 12 nitrogen and oxygen atoms in total. The van der Waals surface area contributed by atoms with Crippen molar-refractivity contribution >= 4 is 35.0 Å². The Morgan fingerprint density at radius 3 is 2.51 bits per heavy atom. The van der Waals surface area contributed by atoms with Crippen LogP contribution in [0.25, 0.3) is 5.70 Å². The second-order valence-corrected chi connectivity index (χ2v) is 10.8. The highest BCUT2D eigenvalue weighted by Crippen LogP contribution is 2.29. The monoisotopic (exact) mass is 573 g/mol. The van der Waals surface area contributed by atoms with E-state index in [9.17, 15) is 19.2 Å². The molecule has 0 saturated carbocycles. The van der Waals surface area contributed by atoms with Gasteiger partial charge in [-0.3, -0.25) is 14.4 Å². The summed E-state index contributed by atoms with van der Waals surface area (Å²) in [7, 11) is 1.54. The molecule has 1 aromatic rings. The number of unbranched alkanes of at least 4 members (excludes halogenated alkanes) is 1. The summed E-state index contributed by atoms with van der Waals surface area (Å²) in [5.41, 5.74) is 13.8. The lowest BCUT2D eigenvalue weighted by atomic mass is 9.88. The van der Waals surface area contributed by atoms with Crippen LogP contribution in [0.5, 0.6) is 0 Å². The fourth-order valence-corrected chi connectivity index (χ4v) is 5.21. The highest BCUT2D eigenvalue weighted by Gasteiger charge is 2.47. The first-order valence-corrected chi connectivity index (χ1v) is 14.1. The molecule has 3 rings (SSSR count). The van der Waals surface area contributed by atoms with Gasteiger partial charge in [0.1, 0.15) is 24.1 Å². The minimum atomic E-state index is -0.942. The molecule has 0 aromatic heterocycles. The molecule has 41 heavy (non-hydrogen) atoms. The lowest BCUT2D eigenvalue weighted by molar-refractivity contribution is -0.154. The molecule has 0 spiro atoms. The van der Waals surface area contributed by atoms with E-state index in [0.29, 0.717) is 50.2 Å². The van der Waals surface area contributed by atoms with Crippen LogP contribution in [0.2, 0.25) is 0 Å². The SMILES string of the molecule is COC1CCC(=O)C(C)C(=O)OCC2OC(=O)N(CCCCN(N)/C=C(\N)c3cccc(N)c3)[C@@H]2C(C)C(=O)CC1. The van der Waals surface area contributed by atoms with E-state index in [4.69, 9.17) is 31.5 Å². The summed E-state index contributed by atoms with van der Waals surface area (Å²) in [5.74, 6) is 3.62. The predicted octanol–water partition coefficient (Wildman–Crippen LogP) is 2.21. The number of benzene rings is 1. The number of nitrogen functional groups attached to an aromatic ring is 1. The van der Waals surface area contributed by atoms with Crippen molar-refractivity contribution < 1.29 is 33.4 Å². The van der Waals surface area contributed by atoms with Crippen molar-refractivity contribution in [3.8, 4) is 0 Å². The first-order valence-electron chi connectivity index (χ1n) is 14.1. The lowest BCUT2D eigenvalue weighted by Crippen LogP contribution is -2.46. The molecule has 2 aliphatic rings. The lowest BCUT2D eigenvalue weighted by Gasteiger charge is -2.30. The number of fused-ring (bicyclic) bond motifs is 1. The normalized spacial score (nSPS) is 26.7. The van der Waals surface area contributed by atoms with Crippen molar-refractivity contribution in [3.63, 3.8) is 0 Å². The van der Waals surface area contributed by atoms with E-state index in [1.54, 1.807) is 25.3 Å². The summed E-state index contributed by atoms with van der Waals surface area (Å²) in [6, 6.07) is 6.56. The van der Waals surface area contributed by atoms with E-state index in [1.807, 2.05) is 12.1 Å². The molecule has 2 fully saturated rings. The molecular formula is C29H43N5O7. The Labute approximate surface area is 241 Å². The van der Waals surface area contributed by atoms with Gasteiger partial charge in [-0.15, -0.1) is 0 Å². The number of nitrogens with two attached hydrogens (primary N) is 3. The number of amides is 1. The zero-order valence-electron chi connectivity index (χ0n) is 24.1. The number of ether oxygens (including phenoxy) is 3. The number of Topliss-reactive ketones (excluding diaryl/α,β-unsaturated/α-hetero) is 2. The van der Waals surface area contributed by atoms with Crippen LogP contribution in [0, 0.1) is 11.8 Å². The van der Waals surface area contributed by atoms with E-state index in [2.05, 4.69) is 0 Å². The topological polar surface area (TPSA) is 181 Å². The molecule has 2 saturated heterocycles. The second-order valence-electron chi connectivity index (χ2n) is 10.8. The fourth-order valence-electron chi connectivity index (χ4n) is 5.21. The van der Waals surface area contributed by atoms with E-state index in [0.717, 1.165) is 5.56 Å². The standard InChI is InChI=1S/C29H43N5O7/c1-18-24(35)11-9-22(39-3)10-12-25(36)19(2)28(37)40-17-26-27(18)34(29(38)41-26)14-5-4-13-33(32)16-23(31)20-7-6-8-21(30)15-20/h6-8,15-16,18-19,22,26-27H,4-5,9-14,17,30-32H2,1-3H3/b23-16-/t18?,19?,22?,26?,27-/m1/s1. The average Bonchev–Trinajstić information content (AvgIpc) is 3.26. The molecule has 0 radical (unpaired) electrons. The third kappa shape index (κ3) is 8.67. The summed E-state index contributed by atoms with van der Waals surface area (Å²) in [5, 5.41) is 1.48. The molecule has 1 aromatic carbocycles. The first kappa shape index (κ1) is 31.9. The van der Waals surface area contributed by atoms with Gasteiger partial charge in [0.05, 0.1) is 17.8 Å². The molecule has 226 valence electrons. The summed E-state index contributed by atoms with van der Waals surface area (Å²) >= 11 is 0. The molecule has 0 bridgehead atoms. The summed E-state index contributed by atoms with van der Waals surface area (Å²) < 4.78 is 16.4. The van der Waals surface area contributed by atoms with Gasteiger partial charge in [0.25, 0.3) is 0 Å². The van der Waals surface area contributed by atoms with Gasteiger partial charge in [0.2, 0.25) is 0 Å². The number of hydrazine groups is 1. The number of nitrogens with zero attached hydrogens (tertiary/aromatic N) is 2. The van der Waals surface area contributed by atoms with Crippen LogP contribution in [0.3, 0.4) is 0 Å². The molecule has 2 aliphatic heterocycles. The highest BCUT2D eigenvalue weighted by molar-refractivity contribution is 5.98. The van der Waals surface area contributed by atoms with Gasteiger partial charge in [-0.25, -0.2) is 10.6 Å². The van der Waals surface area contributed by atoms with Crippen LogP contribution in [0.15, 0.2) is 30.5 Å². The Hall–Kier alpha value is -3.64. The maximum atomic E-state index is 13.2. The minimum absolute atomic E-state index is 0.0521. The number of carbonyl (C=O) groups is 4. The van der Waals surface area contributed by atoms with Crippen LogP contribution < -0.4 is 17.3 Å². The summed E-state index contributed by atoms with van der Waals surface area (Å²) in [4.78, 5) is 52.7. The molecule has 12 heteroatoms. The molecule has 0 aliphatic carbocycles. The van der Waals surface area contributed by atoms with Crippen LogP contribution >= 0.6 is 0 Å². The third-order valence-electron chi connectivity index (χ3n) is 7.82. The van der Waals surface area contributed by atoms with E-state index in [-0.39, 0.29) is 37.1 Å². The van der Waals surface area contributed by atoms with Gasteiger partial charge < -0.3 is 35.6 Å². The van der Waals surface area contributed by atoms with Gasteiger partial charge in [0, 0.05) is 56.4 Å². The van der Waals surface area contributed by atoms with Gasteiger partial charge in [-0.05, 0) is 44.7 Å². The van der Waals surface area contributed by atoms with Gasteiger partial charge in [-0.2, -0.15) is 0 Å². The molecule has 5 atom stereocenters. The number of anilines is 1.